The van der Waals surface area contributed by atoms with Gasteiger partial charge in [-0.15, -0.1) is 0 Å². The van der Waals surface area contributed by atoms with Crippen molar-refractivity contribution in [2.45, 2.75) is 19.4 Å². The third-order valence-electron chi connectivity index (χ3n) is 5.88. The maximum Gasteiger partial charge on any atom is 0.319 e. The van der Waals surface area contributed by atoms with Crippen molar-refractivity contribution in [3.05, 3.63) is 96.1 Å². The molecule has 0 aliphatic carbocycles. The molecule has 166 valence electrons. The maximum atomic E-state index is 12.1. The van der Waals surface area contributed by atoms with Crippen LogP contribution in [0.2, 0.25) is 0 Å². The summed E-state index contributed by atoms with van der Waals surface area (Å²) in [4.78, 5) is 17.1. The zero-order valence-electron chi connectivity index (χ0n) is 18.5. The maximum absolute atomic E-state index is 12.1. The average molecular weight is 429 g/mol. The van der Waals surface area contributed by atoms with Gasteiger partial charge in [-0.3, -0.25) is 4.90 Å². The summed E-state index contributed by atoms with van der Waals surface area (Å²) in [5.41, 5.74) is 4.70. The summed E-state index contributed by atoms with van der Waals surface area (Å²) < 4.78 is 0. The number of hydrogen-bond acceptors (Lipinski definition) is 3. The molecule has 1 aliphatic heterocycles. The van der Waals surface area contributed by atoms with Crippen molar-refractivity contribution in [3.8, 4) is 0 Å². The zero-order chi connectivity index (χ0) is 22.0. The molecule has 0 radical (unpaired) electrons. The lowest BCUT2D eigenvalue weighted by molar-refractivity contribution is 0.250. The number of anilines is 2. The minimum atomic E-state index is -0.150. The second-order valence-electron chi connectivity index (χ2n) is 8.27. The summed E-state index contributed by atoms with van der Waals surface area (Å²) in [5.74, 6) is 0. The smallest absolute Gasteiger partial charge is 0.319 e. The number of amides is 2. The Morgan fingerprint density at radius 1 is 0.750 bits per heavy atom. The van der Waals surface area contributed by atoms with Gasteiger partial charge in [0.05, 0.1) is 0 Å². The van der Waals surface area contributed by atoms with E-state index in [1.54, 1.807) is 0 Å². The second kappa shape index (κ2) is 11.3. The van der Waals surface area contributed by atoms with Crippen molar-refractivity contribution < 1.29 is 4.79 Å². The van der Waals surface area contributed by atoms with Gasteiger partial charge in [0.2, 0.25) is 0 Å². The highest BCUT2D eigenvalue weighted by atomic mass is 16.2. The molecule has 0 saturated carbocycles. The number of nitrogens with one attached hydrogen (secondary N) is 2. The van der Waals surface area contributed by atoms with Crippen molar-refractivity contribution in [2.24, 2.45) is 0 Å². The van der Waals surface area contributed by atoms with E-state index in [0.717, 1.165) is 51.3 Å². The largest absolute Gasteiger partial charge is 0.369 e. The monoisotopic (exact) mass is 428 g/mol. The summed E-state index contributed by atoms with van der Waals surface area (Å²) >= 11 is 0. The minimum absolute atomic E-state index is 0.150. The number of aryl methyl sites for hydroxylation is 1. The van der Waals surface area contributed by atoms with Gasteiger partial charge in [0, 0.05) is 50.6 Å². The molecular weight excluding hydrogens is 396 g/mol. The molecule has 0 spiro atoms. The molecule has 3 aromatic rings. The Bertz CT molecular complexity index is 952. The molecule has 1 aliphatic rings. The molecule has 0 aromatic heterocycles. The fraction of sp³-hybridized carbons (Fsp3) is 0.296. The van der Waals surface area contributed by atoms with E-state index in [4.69, 9.17) is 0 Å². The van der Waals surface area contributed by atoms with Crippen LogP contribution in [0.5, 0.6) is 0 Å². The van der Waals surface area contributed by atoms with Crippen molar-refractivity contribution in [3.63, 3.8) is 0 Å². The van der Waals surface area contributed by atoms with Gasteiger partial charge in [-0.05, 0) is 48.2 Å². The van der Waals surface area contributed by atoms with Crippen LogP contribution in [0.1, 0.15) is 17.5 Å². The number of benzene rings is 3. The first-order valence-electron chi connectivity index (χ1n) is 11.5. The number of piperazine rings is 1. The van der Waals surface area contributed by atoms with Crippen molar-refractivity contribution in [1.82, 2.24) is 10.2 Å². The van der Waals surface area contributed by atoms with E-state index in [1.807, 2.05) is 30.3 Å². The van der Waals surface area contributed by atoms with E-state index in [9.17, 15) is 4.79 Å². The molecule has 32 heavy (non-hydrogen) atoms. The van der Waals surface area contributed by atoms with E-state index in [1.165, 1.54) is 16.8 Å². The molecule has 0 bridgehead atoms. The quantitative estimate of drug-likeness (QED) is 0.509. The average Bonchev–Trinajstić information content (AvgIpc) is 2.85. The van der Waals surface area contributed by atoms with Crippen LogP contribution in [0.25, 0.3) is 0 Å². The Morgan fingerprint density at radius 2 is 1.41 bits per heavy atom. The van der Waals surface area contributed by atoms with Crippen molar-refractivity contribution in [1.29, 1.82) is 0 Å². The molecule has 1 saturated heterocycles. The molecule has 5 nitrogen and oxygen atoms in total. The summed E-state index contributed by atoms with van der Waals surface area (Å²) in [6.07, 6.45) is 1.89. The number of para-hydroxylation sites is 1. The molecule has 2 amide bonds. The van der Waals surface area contributed by atoms with Gasteiger partial charge in [0.25, 0.3) is 0 Å². The molecule has 2 N–H and O–H groups in total. The molecular formula is C27H32N4O. The lowest BCUT2D eigenvalue weighted by Gasteiger charge is -2.36. The standard InChI is InChI=1S/C27H32N4O/c32-27(28-17-7-10-23-8-3-1-4-9-23)29-25-15-13-24(14-16-25)22-30-18-20-31(21-19-30)26-11-5-2-6-12-26/h1-6,8-9,11-16H,7,10,17-22H2,(H2,28,29,32). The fourth-order valence-electron chi connectivity index (χ4n) is 4.07. The van der Waals surface area contributed by atoms with Crippen LogP contribution in [0.4, 0.5) is 16.2 Å². The second-order valence-corrected chi connectivity index (χ2v) is 8.27. The lowest BCUT2D eigenvalue weighted by Crippen LogP contribution is -2.45. The van der Waals surface area contributed by atoms with E-state index >= 15 is 0 Å². The summed E-state index contributed by atoms with van der Waals surface area (Å²) in [7, 11) is 0. The SMILES string of the molecule is O=C(NCCCc1ccccc1)Nc1ccc(CN2CCN(c3ccccc3)CC2)cc1. The first kappa shape index (κ1) is 21.9. The van der Waals surface area contributed by atoms with Crippen LogP contribution < -0.4 is 15.5 Å². The van der Waals surface area contributed by atoms with E-state index < -0.39 is 0 Å². The molecule has 0 atom stereocenters. The first-order valence-corrected chi connectivity index (χ1v) is 11.5. The van der Waals surface area contributed by atoms with Crippen molar-refractivity contribution >= 4 is 17.4 Å². The molecule has 1 heterocycles. The fourth-order valence-corrected chi connectivity index (χ4v) is 4.07. The third-order valence-corrected chi connectivity index (χ3v) is 5.88. The van der Waals surface area contributed by atoms with Crippen LogP contribution >= 0.6 is 0 Å². The number of rotatable bonds is 8. The zero-order valence-corrected chi connectivity index (χ0v) is 18.5. The number of carbonyl (C=O) groups excluding carboxylic acids is 1. The van der Waals surface area contributed by atoms with Crippen molar-refractivity contribution in [2.75, 3.05) is 42.9 Å². The van der Waals surface area contributed by atoms with Crippen LogP contribution in [-0.2, 0) is 13.0 Å². The Labute approximate surface area is 191 Å². The molecule has 5 heteroatoms. The summed E-state index contributed by atoms with van der Waals surface area (Å²) in [5, 5.41) is 5.86. The topological polar surface area (TPSA) is 47.6 Å². The Balaban J connectivity index is 1.15. The van der Waals surface area contributed by atoms with Gasteiger partial charge in [-0.2, -0.15) is 0 Å². The highest BCUT2D eigenvalue weighted by Gasteiger charge is 2.17. The van der Waals surface area contributed by atoms with Gasteiger partial charge >= 0.3 is 6.03 Å². The number of hydrogen-bond donors (Lipinski definition) is 2. The van der Waals surface area contributed by atoms with Crippen LogP contribution in [0.3, 0.4) is 0 Å². The molecule has 3 aromatic carbocycles. The van der Waals surface area contributed by atoms with Gasteiger partial charge < -0.3 is 15.5 Å². The summed E-state index contributed by atoms with van der Waals surface area (Å²) in [6.45, 7) is 5.81. The highest BCUT2D eigenvalue weighted by Crippen LogP contribution is 2.17. The predicted octanol–water partition coefficient (Wildman–Crippen LogP) is 4.76. The summed E-state index contributed by atoms with van der Waals surface area (Å²) in [6, 6.07) is 29.0. The molecule has 0 unspecified atom stereocenters. The number of carbonyl (C=O) groups is 1. The molecule has 4 rings (SSSR count). The lowest BCUT2D eigenvalue weighted by atomic mass is 10.1. The minimum Gasteiger partial charge on any atom is -0.369 e. The van der Waals surface area contributed by atoms with Crippen LogP contribution in [-0.4, -0.2) is 43.7 Å². The normalized spacial score (nSPS) is 14.2. The van der Waals surface area contributed by atoms with E-state index in [2.05, 4.69) is 75.0 Å². The third kappa shape index (κ3) is 6.59. The Morgan fingerprint density at radius 3 is 2.09 bits per heavy atom. The van der Waals surface area contributed by atoms with Gasteiger partial charge in [-0.25, -0.2) is 4.79 Å². The Hall–Kier alpha value is -3.31. The predicted molar refractivity (Wildman–Crippen MR) is 132 cm³/mol. The van der Waals surface area contributed by atoms with Crippen LogP contribution in [0, 0.1) is 0 Å². The number of nitrogens with zero attached hydrogens (tertiary/aromatic N) is 2. The number of urea groups is 1. The van der Waals surface area contributed by atoms with Gasteiger partial charge in [-0.1, -0.05) is 60.7 Å². The first-order chi connectivity index (χ1) is 15.8. The highest BCUT2D eigenvalue weighted by molar-refractivity contribution is 5.89. The van der Waals surface area contributed by atoms with Crippen LogP contribution in [0.15, 0.2) is 84.9 Å². The van der Waals surface area contributed by atoms with Gasteiger partial charge in [0.1, 0.15) is 0 Å². The van der Waals surface area contributed by atoms with E-state index in [0.29, 0.717) is 6.54 Å². The van der Waals surface area contributed by atoms with Gasteiger partial charge in [0.15, 0.2) is 0 Å². The molecule has 1 fully saturated rings. The van der Waals surface area contributed by atoms with E-state index in [-0.39, 0.29) is 6.03 Å². The Kier molecular flexibility index (Phi) is 7.77.